The topological polar surface area (TPSA) is 46.0 Å². The molecule has 0 amide bonds. The van der Waals surface area contributed by atoms with Crippen molar-refractivity contribution >= 4 is 11.5 Å². The van der Waals surface area contributed by atoms with Gasteiger partial charge in [-0.25, -0.2) is 0 Å². The maximum absolute atomic E-state index is 9.77. The van der Waals surface area contributed by atoms with Crippen LogP contribution in [-0.4, -0.2) is 14.7 Å². The molecule has 1 aromatic rings. The van der Waals surface area contributed by atoms with Crippen molar-refractivity contribution < 1.29 is 5.11 Å². The van der Waals surface area contributed by atoms with Gasteiger partial charge in [-0.05, 0) is 23.9 Å². The fourth-order valence-electron chi connectivity index (χ4n) is 1.24. The largest absolute Gasteiger partial charge is 0.387 e. The van der Waals surface area contributed by atoms with Gasteiger partial charge in [0.1, 0.15) is 0 Å². The lowest BCUT2D eigenvalue weighted by Crippen LogP contribution is -2.00. The molecule has 0 radical (unpaired) electrons. The van der Waals surface area contributed by atoms with Gasteiger partial charge in [0, 0.05) is 0 Å². The Morgan fingerprint density at radius 1 is 1.46 bits per heavy atom. The summed E-state index contributed by atoms with van der Waals surface area (Å²) in [6, 6.07) is 0. The van der Waals surface area contributed by atoms with Crippen LogP contribution in [0.1, 0.15) is 56.2 Å². The van der Waals surface area contributed by atoms with Gasteiger partial charge in [-0.15, -0.1) is 5.10 Å². The van der Waals surface area contributed by atoms with Gasteiger partial charge in [0.2, 0.25) is 0 Å². The molecule has 0 spiro atoms. The molecule has 3 nitrogen and oxygen atoms in total. The second-order valence-corrected chi connectivity index (χ2v) is 4.27. The third-order valence-corrected chi connectivity index (χ3v) is 2.79. The molecular weight excluding hydrogens is 184 g/mol. The summed E-state index contributed by atoms with van der Waals surface area (Å²) in [7, 11) is 0. The molecule has 0 fully saturated rings. The first-order valence-electron chi connectivity index (χ1n) is 4.67. The van der Waals surface area contributed by atoms with E-state index in [1.54, 1.807) is 0 Å². The molecule has 13 heavy (non-hydrogen) atoms. The summed E-state index contributed by atoms with van der Waals surface area (Å²) in [5.74, 6) is 0.347. The van der Waals surface area contributed by atoms with E-state index in [1.165, 1.54) is 11.5 Å². The molecule has 74 valence electrons. The standard InChI is InChI=1S/C9H16N2OS/c1-4-5-7(12)9-8(6(2)3)10-11-13-9/h6-7,12H,4-5H2,1-3H3. The van der Waals surface area contributed by atoms with Crippen molar-refractivity contribution in [3.63, 3.8) is 0 Å². The van der Waals surface area contributed by atoms with Crippen LogP contribution in [0.25, 0.3) is 0 Å². The molecule has 1 unspecified atom stereocenters. The SMILES string of the molecule is CCCC(O)c1snnc1C(C)C. The first-order valence-corrected chi connectivity index (χ1v) is 5.44. The number of hydrogen-bond donors (Lipinski definition) is 1. The average molecular weight is 200 g/mol. The quantitative estimate of drug-likeness (QED) is 0.812. The van der Waals surface area contributed by atoms with E-state index >= 15 is 0 Å². The summed E-state index contributed by atoms with van der Waals surface area (Å²) >= 11 is 1.31. The van der Waals surface area contributed by atoms with E-state index < -0.39 is 0 Å². The summed E-state index contributed by atoms with van der Waals surface area (Å²) in [5.41, 5.74) is 0.950. The zero-order chi connectivity index (χ0) is 9.84. The van der Waals surface area contributed by atoms with E-state index in [0.29, 0.717) is 5.92 Å². The van der Waals surface area contributed by atoms with Crippen LogP contribution in [0.2, 0.25) is 0 Å². The molecule has 0 aliphatic carbocycles. The Bertz CT molecular complexity index is 260. The van der Waals surface area contributed by atoms with Crippen molar-refractivity contribution in [2.45, 2.75) is 45.6 Å². The molecule has 0 aliphatic rings. The van der Waals surface area contributed by atoms with Crippen molar-refractivity contribution in [1.29, 1.82) is 0 Å². The summed E-state index contributed by atoms with van der Waals surface area (Å²) in [4.78, 5) is 0.942. The summed E-state index contributed by atoms with van der Waals surface area (Å²) in [6.45, 7) is 6.20. The zero-order valence-electron chi connectivity index (χ0n) is 8.32. The maximum atomic E-state index is 9.77. The number of hydrogen-bond acceptors (Lipinski definition) is 4. The Kier molecular flexibility index (Phi) is 3.81. The number of aliphatic hydroxyl groups is 1. The van der Waals surface area contributed by atoms with Gasteiger partial charge in [-0.1, -0.05) is 31.7 Å². The highest BCUT2D eigenvalue weighted by molar-refractivity contribution is 7.05. The Morgan fingerprint density at radius 3 is 2.69 bits per heavy atom. The van der Waals surface area contributed by atoms with Crippen molar-refractivity contribution in [1.82, 2.24) is 9.59 Å². The first kappa shape index (κ1) is 10.6. The second kappa shape index (κ2) is 4.67. The molecule has 0 aromatic carbocycles. The van der Waals surface area contributed by atoms with Crippen molar-refractivity contribution in [3.8, 4) is 0 Å². The predicted molar refractivity (Wildman–Crippen MR) is 53.9 cm³/mol. The number of nitrogens with zero attached hydrogens (tertiary/aromatic N) is 2. The minimum absolute atomic E-state index is 0.347. The molecule has 1 N–H and O–H groups in total. The Labute approximate surface area is 83.0 Å². The second-order valence-electron chi connectivity index (χ2n) is 3.48. The average Bonchev–Trinajstić information content (AvgIpc) is 2.52. The predicted octanol–water partition coefficient (Wildman–Crippen LogP) is 2.50. The summed E-state index contributed by atoms with van der Waals surface area (Å²) in [5, 5.41) is 13.8. The molecule has 1 heterocycles. The lowest BCUT2D eigenvalue weighted by Gasteiger charge is -2.09. The van der Waals surface area contributed by atoms with Crippen LogP contribution in [-0.2, 0) is 0 Å². The first-order chi connectivity index (χ1) is 6.16. The molecule has 0 saturated carbocycles. The van der Waals surface area contributed by atoms with Crippen molar-refractivity contribution in [2.24, 2.45) is 0 Å². The van der Waals surface area contributed by atoms with E-state index in [-0.39, 0.29) is 6.10 Å². The highest BCUT2D eigenvalue weighted by atomic mass is 32.1. The van der Waals surface area contributed by atoms with Crippen LogP contribution in [0, 0.1) is 0 Å². The van der Waals surface area contributed by atoms with E-state index in [4.69, 9.17) is 0 Å². The number of aliphatic hydroxyl groups excluding tert-OH is 1. The van der Waals surface area contributed by atoms with E-state index in [9.17, 15) is 5.11 Å². The van der Waals surface area contributed by atoms with E-state index in [1.807, 2.05) is 0 Å². The van der Waals surface area contributed by atoms with Gasteiger partial charge in [-0.3, -0.25) is 0 Å². The van der Waals surface area contributed by atoms with Crippen LogP contribution in [0.15, 0.2) is 0 Å². The molecule has 4 heteroatoms. The van der Waals surface area contributed by atoms with Crippen LogP contribution in [0.5, 0.6) is 0 Å². The van der Waals surface area contributed by atoms with Gasteiger partial charge >= 0.3 is 0 Å². The smallest absolute Gasteiger partial charge is 0.0917 e. The highest BCUT2D eigenvalue weighted by Crippen LogP contribution is 2.28. The lowest BCUT2D eigenvalue weighted by atomic mass is 10.1. The molecular formula is C9H16N2OS. The van der Waals surface area contributed by atoms with Crippen LogP contribution in [0.3, 0.4) is 0 Å². The molecule has 1 rings (SSSR count). The molecule has 1 atom stereocenters. The molecule has 0 bridgehead atoms. The van der Waals surface area contributed by atoms with E-state index in [0.717, 1.165) is 23.4 Å². The Hall–Kier alpha value is -0.480. The summed E-state index contributed by atoms with van der Waals surface area (Å²) < 4.78 is 3.88. The minimum Gasteiger partial charge on any atom is -0.387 e. The monoisotopic (exact) mass is 200 g/mol. The van der Waals surface area contributed by atoms with Crippen LogP contribution in [0.4, 0.5) is 0 Å². The summed E-state index contributed by atoms with van der Waals surface area (Å²) in [6.07, 6.45) is 1.41. The highest BCUT2D eigenvalue weighted by Gasteiger charge is 2.17. The minimum atomic E-state index is -0.373. The normalized spacial score (nSPS) is 13.6. The third-order valence-electron chi connectivity index (χ3n) is 1.95. The molecule has 1 aromatic heterocycles. The van der Waals surface area contributed by atoms with Gasteiger partial charge in [0.05, 0.1) is 16.7 Å². The van der Waals surface area contributed by atoms with Crippen molar-refractivity contribution in [3.05, 3.63) is 10.6 Å². The van der Waals surface area contributed by atoms with Crippen LogP contribution < -0.4 is 0 Å². The van der Waals surface area contributed by atoms with Gasteiger partial charge in [-0.2, -0.15) is 0 Å². The fourth-order valence-corrected chi connectivity index (χ4v) is 2.07. The Morgan fingerprint density at radius 2 is 2.15 bits per heavy atom. The van der Waals surface area contributed by atoms with E-state index in [2.05, 4.69) is 30.4 Å². The van der Waals surface area contributed by atoms with Crippen molar-refractivity contribution in [2.75, 3.05) is 0 Å². The van der Waals surface area contributed by atoms with Gasteiger partial charge < -0.3 is 5.11 Å². The zero-order valence-corrected chi connectivity index (χ0v) is 9.14. The Balaban J connectivity index is 2.80. The molecule has 0 aliphatic heterocycles. The van der Waals surface area contributed by atoms with Crippen LogP contribution >= 0.6 is 11.5 Å². The third kappa shape index (κ3) is 2.48. The molecule has 0 saturated heterocycles. The lowest BCUT2D eigenvalue weighted by molar-refractivity contribution is 0.168. The van der Waals surface area contributed by atoms with Gasteiger partial charge in [0.15, 0.2) is 0 Å². The maximum Gasteiger partial charge on any atom is 0.0917 e. The number of rotatable bonds is 4. The number of aromatic nitrogens is 2. The fraction of sp³-hybridized carbons (Fsp3) is 0.778. The van der Waals surface area contributed by atoms with Gasteiger partial charge in [0.25, 0.3) is 0 Å².